The van der Waals surface area contributed by atoms with Gasteiger partial charge in [-0.05, 0) is 18.2 Å². The van der Waals surface area contributed by atoms with Gasteiger partial charge in [0.1, 0.15) is 23.4 Å². The standard InChI is InChI=1S/C18H13ClF2N2O3/c19-16-4-1-11(8-22-16)10-25-18(24)6-5-17-23-9-15(26-17)13-3-2-12(20)7-14(13)21/h1-4,7-9H,5-6,10H2. The fraction of sp³-hybridized carbons (Fsp3) is 0.167. The molecule has 134 valence electrons. The lowest BCUT2D eigenvalue weighted by atomic mass is 10.2. The highest BCUT2D eigenvalue weighted by Gasteiger charge is 2.13. The van der Waals surface area contributed by atoms with Crippen molar-refractivity contribution in [2.45, 2.75) is 19.4 Å². The van der Waals surface area contributed by atoms with E-state index in [0.29, 0.717) is 10.7 Å². The van der Waals surface area contributed by atoms with E-state index >= 15 is 0 Å². The zero-order valence-electron chi connectivity index (χ0n) is 13.4. The highest BCUT2D eigenvalue weighted by atomic mass is 35.5. The molecule has 26 heavy (non-hydrogen) atoms. The zero-order valence-corrected chi connectivity index (χ0v) is 14.2. The van der Waals surface area contributed by atoms with E-state index in [9.17, 15) is 13.6 Å². The summed E-state index contributed by atoms with van der Waals surface area (Å²) in [5.74, 6) is -1.44. The van der Waals surface area contributed by atoms with Gasteiger partial charge in [0.05, 0.1) is 18.2 Å². The molecular weight excluding hydrogens is 366 g/mol. The summed E-state index contributed by atoms with van der Waals surface area (Å²) in [6.07, 6.45) is 3.09. The molecule has 0 aliphatic rings. The smallest absolute Gasteiger partial charge is 0.306 e. The van der Waals surface area contributed by atoms with E-state index in [1.807, 2.05) is 0 Å². The van der Waals surface area contributed by atoms with E-state index in [-0.39, 0.29) is 36.7 Å². The Bertz CT molecular complexity index is 913. The summed E-state index contributed by atoms with van der Waals surface area (Å²) < 4.78 is 37.2. The van der Waals surface area contributed by atoms with E-state index in [0.717, 1.165) is 12.1 Å². The number of rotatable bonds is 6. The highest BCUT2D eigenvalue weighted by molar-refractivity contribution is 6.29. The van der Waals surface area contributed by atoms with Gasteiger partial charge in [-0.1, -0.05) is 17.7 Å². The third-order valence-corrected chi connectivity index (χ3v) is 3.71. The fourth-order valence-corrected chi connectivity index (χ4v) is 2.29. The number of pyridine rings is 1. The van der Waals surface area contributed by atoms with E-state index in [1.54, 1.807) is 12.1 Å². The second-order valence-electron chi connectivity index (χ2n) is 5.39. The van der Waals surface area contributed by atoms with Crippen LogP contribution in [-0.4, -0.2) is 15.9 Å². The Hall–Kier alpha value is -2.80. The largest absolute Gasteiger partial charge is 0.461 e. The molecule has 2 heterocycles. The lowest BCUT2D eigenvalue weighted by Crippen LogP contribution is -2.06. The Morgan fingerprint density at radius 2 is 2.00 bits per heavy atom. The summed E-state index contributed by atoms with van der Waals surface area (Å²) in [6.45, 7) is 0.0840. The molecule has 0 saturated heterocycles. The van der Waals surface area contributed by atoms with E-state index in [4.69, 9.17) is 20.8 Å². The van der Waals surface area contributed by atoms with Gasteiger partial charge in [-0.15, -0.1) is 0 Å². The molecule has 0 radical (unpaired) electrons. The van der Waals surface area contributed by atoms with Crippen LogP contribution in [0.1, 0.15) is 17.9 Å². The zero-order chi connectivity index (χ0) is 18.5. The molecule has 0 spiro atoms. The number of hydrogen-bond acceptors (Lipinski definition) is 5. The topological polar surface area (TPSA) is 65.2 Å². The van der Waals surface area contributed by atoms with Gasteiger partial charge in [0.25, 0.3) is 0 Å². The molecule has 3 rings (SSSR count). The number of aromatic nitrogens is 2. The third kappa shape index (κ3) is 4.64. The molecule has 0 aliphatic carbocycles. The van der Waals surface area contributed by atoms with Crippen LogP contribution in [0.4, 0.5) is 8.78 Å². The Balaban J connectivity index is 1.52. The van der Waals surface area contributed by atoms with Crippen molar-refractivity contribution in [3.8, 4) is 11.3 Å². The minimum atomic E-state index is -0.747. The van der Waals surface area contributed by atoms with Gasteiger partial charge in [0.15, 0.2) is 11.7 Å². The van der Waals surface area contributed by atoms with Crippen molar-refractivity contribution >= 4 is 17.6 Å². The van der Waals surface area contributed by atoms with Gasteiger partial charge in [-0.3, -0.25) is 4.79 Å². The molecule has 1 aromatic carbocycles. The van der Waals surface area contributed by atoms with Crippen LogP contribution in [0, 0.1) is 11.6 Å². The van der Waals surface area contributed by atoms with Gasteiger partial charge >= 0.3 is 5.97 Å². The Labute approximate surface area is 152 Å². The predicted molar refractivity (Wildman–Crippen MR) is 89.2 cm³/mol. The molecule has 0 unspecified atom stereocenters. The molecule has 5 nitrogen and oxygen atoms in total. The lowest BCUT2D eigenvalue weighted by Gasteiger charge is -2.04. The first kappa shape index (κ1) is 18.0. The number of hydrogen-bond donors (Lipinski definition) is 0. The monoisotopic (exact) mass is 378 g/mol. The molecule has 0 fully saturated rings. The van der Waals surface area contributed by atoms with Crippen molar-refractivity contribution < 1.29 is 22.7 Å². The predicted octanol–water partition coefficient (Wildman–Crippen LogP) is 4.34. The van der Waals surface area contributed by atoms with E-state index < -0.39 is 17.6 Å². The summed E-state index contributed by atoms with van der Waals surface area (Å²) in [6, 6.07) is 6.47. The number of carbonyl (C=O) groups is 1. The van der Waals surface area contributed by atoms with Crippen molar-refractivity contribution in [3.05, 3.63) is 71.0 Å². The molecule has 0 bridgehead atoms. The molecule has 0 aliphatic heterocycles. The Morgan fingerprint density at radius 3 is 2.73 bits per heavy atom. The maximum atomic E-state index is 13.7. The fourth-order valence-electron chi connectivity index (χ4n) is 2.18. The van der Waals surface area contributed by atoms with Crippen LogP contribution in [0.5, 0.6) is 0 Å². The number of benzene rings is 1. The minimum absolute atomic E-state index is 0.0485. The number of nitrogens with zero attached hydrogens (tertiary/aromatic N) is 2. The van der Waals surface area contributed by atoms with Crippen molar-refractivity contribution in [2.75, 3.05) is 0 Å². The average molecular weight is 379 g/mol. The first-order valence-corrected chi connectivity index (χ1v) is 8.05. The van der Waals surface area contributed by atoms with Crippen LogP contribution >= 0.6 is 11.6 Å². The van der Waals surface area contributed by atoms with Crippen LogP contribution in [0.15, 0.2) is 47.1 Å². The molecule has 2 aromatic heterocycles. The average Bonchev–Trinajstić information content (AvgIpc) is 3.08. The highest BCUT2D eigenvalue weighted by Crippen LogP contribution is 2.24. The van der Waals surface area contributed by atoms with Gasteiger partial charge < -0.3 is 9.15 Å². The Kier molecular flexibility index (Phi) is 5.58. The second-order valence-corrected chi connectivity index (χ2v) is 5.78. The molecule has 0 saturated carbocycles. The number of aryl methyl sites for hydroxylation is 1. The van der Waals surface area contributed by atoms with Crippen LogP contribution < -0.4 is 0 Å². The number of oxazole rings is 1. The first-order chi connectivity index (χ1) is 12.5. The van der Waals surface area contributed by atoms with Gasteiger partial charge in [0.2, 0.25) is 0 Å². The molecule has 8 heteroatoms. The van der Waals surface area contributed by atoms with Crippen molar-refractivity contribution in [1.82, 2.24) is 9.97 Å². The summed E-state index contributed by atoms with van der Waals surface area (Å²) in [5.41, 5.74) is 0.816. The summed E-state index contributed by atoms with van der Waals surface area (Å²) in [7, 11) is 0. The van der Waals surface area contributed by atoms with Crippen LogP contribution in [0.2, 0.25) is 5.15 Å². The quantitative estimate of drug-likeness (QED) is 0.471. The number of ether oxygens (including phenoxy) is 1. The number of halogens is 3. The first-order valence-electron chi connectivity index (χ1n) is 7.67. The van der Waals surface area contributed by atoms with Crippen molar-refractivity contribution in [3.63, 3.8) is 0 Å². The van der Waals surface area contributed by atoms with Crippen LogP contribution in [-0.2, 0) is 22.6 Å². The number of carbonyl (C=O) groups excluding carboxylic acids is 1. The third-order valence-electron chi connectivity index (χ3n) is 3.48. The number of esters is 1. The summed E-state index contributed by atoms with van der Waals surface area (Å²) in [4.78, 5) is 19.7. The molecule has 3 aromatic rings. The van der Waals surface area contributed by atoms with Gasteiger partial charge in [-0.25, -0.2) is 18.7 Å². The minimum Gasteiger partial charge on any atom is -0.461 e. The van der Waals surface area contributed by atoms with Crippen molar-refractivity contribution in [1.29, 1.82) is 0 Å². The molecule has 0 N–H and O–H groups in total. The van der Waals surface area contributed by atoms with Gasteiger partial charge in [-0.2, -0.15) is 0 Å². The van der Waals surface area contributed by atoms with Crippen LogP contribution in [0.3, 0.4) is 0 Å². The van der Waals surface area contributed by atoms with Crippen LogP contribution in [0.25, 0.3) is 11.3 Å². The van der Waals surface area contributed by atoms with Crippen molar-refractivity contribution in [2.24, 2.45) is 0 Å². The van der Waals surface area contributed by atoms with Gasteiger partial charge in [0, 0.05) is 24.2 Å². The second kappa shape index (κ2) is 8.05. The molecular formula is C18H13ClF2N2O3. The SMILES string of the molecule is O=C(CCc1ncc(-c2ccc(F)cc2F)o1)OCc1ccc(Cl)nc1. The maximum absolute atomic E-state index is 13.7. The normalized spacial score (nSPS) is 10.7. The Morgan fingerprint density at radius 1 is 1.15 bits per heavy atom. The lowest BCUT2D eigenvalue weighted by molar-refractivity contribution is -0.145. The van der Waals surface area contributed by atoms with E-state index in [1.165, 1.54) is 18.5 Å². The van der Waals surface area contributed by atoms with E-state index in [2.05, 4.69) is 9.97 Å². The molecule has 0 amide bonds. The molecule has 0 atom stereocenters. The maximum Gasteiger partial charge on any atom is 0.306 e. The summed E-state index contributed by atoms with van der Waals surface area (Å²) in [5, 5.41) is 0.359. The summed E-state index contributed by atoms with van der Waals surface area (Å²) >= 11 is 5.68.